The second-order valence-corrected chi connectivity index (χ2v) is 3.92. The van der Waals surface area contributed by atoms with Gasteiger partial charge in [0.1, 0.15) is 0 Å². The van der Waals surface area contributed by atoms with Crippen LogP contribution in [0.4, 0.5) is 0 Å². The van der Waals surface area contributed by atoms with E-state index in [0.717, 1.165) is 11.4 Å². The molecule has 1 heterocycles. The topological polar surface area (TPSA) is 56.7 Å². The second-order valence-electron chi connectivity index (χ2n) is 3.04. The Kier molecular flexibility index (Phi) is 3.03. The van der Waals surface area contributed by atoms with E-state index in [1.807, 2.05) is 18.4 Å². The number of benzene rings is 1. The van der Waals surface area contributed by atoms with Crippen LogP contribution in [0.2, 0.25) is 0 Å². The van der Waals surface area contributed by atoms with Gasteiger partial charge in [-0.25, -0.2) is 4.68 Å². The van der Waals surface area contributed by atoms with Crippen LogP contribution < -0.4 is 5.73 Å². The number of rotatable bonds is 3. The van der Waals surface area contributed by atoms with Crippen molar-refractivity contribution in [2.45, 2.75) is 11.4 Å². The SMILES string of the molecule is CSc1cccc(-n2nncc2CN)c1. The molecule has 0 aliphatic heterocycles. The van der Waals surface area contributed by atoms with Crippen molar-refractivity contribution < 1.29 is 0 Å². The van der Waals surface area contributed by atoms with Gasteiger partial charge in [0.2, 0.25) is 0 Å². The van der Waals surface area contributed by atoms with Crippen LogP contribution in [0.5, 0.6) is 0 Å². The first-order chi connectivity index (χ1) is 7.35. The molecule has 2 aromatic rings. The first kappa shape index (κ1) is 10.2. The minimum Gasteiger partial charge on any atom is -0.325 e. The fourth-order valence-corrected chi connectivity index (χ4v) is 1.81. The molecule has 0 saturated carbocycles. The summed E-state index contributed by atoms with van der Waals surface area (Å²) in [4.78, 5) is 1.20. The number of nitrogens with two attached hydrogens (primary N) is 1. The molecule has 0 unspecified atom stereocenters. The zero-order valence-corrected chi connectivity index (χ0v) is 9.24. The molecule has 0 spiro atoms. The van der Waals surface area contributed by atoms with Crippen LogP contribution in [0.15, 0.2) is 35.4 Å². The van der Waals surface area contributed by atoms with Gasteiger partial charge < -0.3 is 5.73 Å². The van der Waals surface area contributed by atoms with Crippen molar-refractivity contribution in [1.29, 1.82) is 0 Å². The average molecular weight is 220 g/mol. The van der Waals surface area contributed by atoms with Gasteiger partial charge in [-0.2, -0.15) is 0 Å². The van der Waals surface area contributed by atoms with Crippen molar-refractivity contribution in [2.75, 3.05) is 6.26 Å². The zero-order valence-electron chi connectivity index (χ0n) is 8.42. The van der Waals surface area contributed by atoms with E-state index < -0.39 is 0 Å². The van der Waals surface area contributed by atoms with E-state index in [1.165, 1.54) is 4.90 Å². The molecule has 78 valence electrons. The van der Waals surface area contributed by atoms with Crippen molar-refractivity contribution >= 4 is 11.8 Å². The summed E-state index contributed by atoms with van der Waals surface area (Å²) < 4.78 is 1.76. The number of thioether (sulfide) groups is 1. The monoisotopic (exact) mass is 220 g/mol. The highest BCUT2D eigenvalue weighted by atomic mass is 32.2. The minimum atomic E-state index is 0.441. The van der Waals surface area contributed by atoms with Crippen molar-refractivity contribution in [3.05, 3.63) is 36.2 Å². The van der Waals surface area contributed by atoms with Crippen LogP contribution in [0.25, 0.3) is 5.69 Å². The first-order valence-electron chi connectivity index (χ1n) is 4.59. The zero-order chi connectivity index (χ0) is 10.7. The van der Waals surface area contributed by atoms with Crippen molar-refractivity contribution in [3.8, 4) is 5.69 Å². The van der Waals surface area contributed by atoms with Crippen LogP contribution in [-0.2, 0) is 6.54 Å². The van der Waals surface area contributed by atoms with Gasteiger partial charge in [-0.05, 0) is 24.5 Å². The fraction of sp³-hybridized carbons (Fsp3) is 0.200. The third-order valence-electron chi connectivity index (χ3n) is 2.13. The van der Waals surface area contributed by atoms with Crippen LogP contribution >= 0.6 is 11.8 Å². The minimum absolute atomic E-state index is 0.441. The molecule has 5 heteroatoms. The van der Waals surface area contributed by atoms with Gasteiger partial charge in [-0.3, -0.25) is 0 Å². The van der Waals surface area contributed by atoms with Gasteiger partial charge in [-0.15, -0.1) is 16.9 Å². The molecule has 15 heavy (non-hydrogen) atoms. The van der Waals surface area contributed by atoms with Crippen LogP contribution in [0, 0.1) is 0 Å². The molecular weight excluding hydrogens is 208 g/mol. The summed E-state index contributed by atoms with van der Waals surface area (Å²) in [7, 11) is 0. The van der Waals surface area contributed by atoms with Crippen LogP contribution in [0.1, 0.15) is 5.69 Å². The Hall–Kier alpha value is -1.33. The molecule has 4 nitrogen and oxygen atoms in total. The maximum Gasteiger partial charge on any atom is 0.0781 e. The molecule has 1 aromatic heterocycles. The van der Waals surface area contributed by atoms with E-state index in [1.54, 1.807) is 22.6 Å². The second kappa shape index (κ2) is 4.46. The Morgan fingerprint density at radius 2 is 2.33 bits per heavy atom. The molecule has 0 aliphatic rings. The van der Waals surface area contributed by atoms with Crippen molar-refractivity contribution in [3.63, 3.8) is 0 Å². The summed E-state index contributed by atoms with van der Waals surface area (Å²) in [5, 5.41) is 7.86. The molecule has 0 bridgehead atoms. The molecule has 1 aromatic carbocycles. The third kappa shape index (κ3) is 2.03. The normalized spacial score (nSPS) is 10.5. The molecular formula is C10H12N4S. The lowest BCUT2D eigenvalue weighted by Gasteiger charge is -2.05. The van der Waals surface area contributed by atoms with Crippen molar-refractivity contribution in [2.24, 2.45) is 5.73 Å². The standard InChI is InChI=1S/C10H12N4S/c1-15-10-4-2-3-8(5-10)14-9(6-11)7-12-13-14/h2-5,7H,6,11H2,1H3. The van der Waals surface area contributed by atoms with Crippen molar-refractivity contribution in [1.82, 2.24) is 15.0 Å². The Bertz CT molecular complexity index is 452. The van der Waals surface area contributed by atoms with E-state index in [9.17, 15) is 0 Å². The summed E-state index contributed by atoms with van der Waals surface area (Å²) in [6.45, 7) is 0.441. The Labute approximate surface area is 92.5 Å². The van der Waals surface area contributed by atoms with E-state index in [0.29, 0.717) is 6.54 Å². The largest absolute Gasteiger partial charge is 0.325 e. The lowest BCUT2D eigenvalue weighted by atomic mass is 10.3. The predicted octanol–water partition coefficient (Wildman–Crippen LogP) is 1.45. The number of hydrogen-bond donors (Lipinski definition) is 1. The van der Waals surface area contributed by atoms with Gasteiger partial charge in [0, 0.05) is 11.4 Å². The predicted molar refractivity (Wildman–Crippen MR) is 61.0 cm³/mol. The lowest BCUT2D eigenvalue weighted by Crippen LogP contribution is -2.06. The van der Waals surface area contributed by atoms with E-state index in [2.05, 4.69) is 22.4 Å². The van der Waals surface area contributed by atoms with E-state index in [4.69, 9.17) is 5.73 Å². The smallest absolute Gasteiger partial charge is 0.0781 e. The van der Waals surface area contributed by atoms with Gasteiger partial charge >= 0.3 is 0 Å². The highest BCUT2D eigenvalue weighted by molar-refractivity contribution is 7.98. The average Bonchev–Trinajstić information content (AvgIpc) is 2.77. The van der Waals surface area contributed by atoms with Gasteiger partial charge in [-0.1, -0.05) is 11.3 Å². The summed E-state index contributed by atoms with van der Waals surface area (Å²) in [6.07, 6.45) is 3.73. The summed E-state index contributed by atoms with van der Waals surface area (Å²) in [6, 6.07) is 8.13. The Balaban J connectivity index is 2.44. The first-order valence-corrected chi connectivity index (χ1v) is 5.81. The van der Waals surface area contributed by atoms with Crippen LogP contribution in [0.3, 0.4) is 0 Å². The lowest BCUT2D eigenvalue weighted by molar-refractivity contribution is 0.760. The number of nitrogens with zero attached hydrogens (tertiary/aromatic N) is 3. The Morgan fingerprint density at radius 1 is 1.47 bits per heavy atom. The summed E-state index contributed by atoms with van der Waals surface area (Å²) >= 11 is 1.70. The molecule has 0 radical (unpaired) electrons. The van der Waals surface area contributed by atoms with Gasteiger partial charge in [0.25, 0.3) is 0 Å². The molecule has 0 atom stereocenters. The van der Waals surface area contributed by atoms with E-state index in [-0.39, 0.29) is 0 Å². The fourth-order valence-electron chi connectivity index (χ4n) is 1.36. The molecule has 0 saturated heterocycles. The molecule has 0 amide bonds. The molecule has 2 rings (SSSR count). The maximum atomic E-state index is 5.60. The quantitative estimate of drug-likeness (QED) is 0.795. The highest BCUT2D eigenvalue weighted by Gasteiger charge is 2.04. The number of hydrogen-bond acceptors (Lipinski definition) is 4. The highest BCUT2D eigenvalue weighted by Crippen LogP contribution is 2.18. The third-order valence-corrected chi connectivity index (χ3v) is 2.85. The maximum absolute atomic E-state index is 5.60. The molecule has 2 N–H and O–H groups in total. The van der Waals surface area contributed by atoms with Gasteiger partial charge in [0.15, 0.2) is 0 Å². The van der Waals surface area contributed by atoms with Gasteiger partial charge in [0.05, 0.1) is 17.6 Å². The molecule has 0 fully saturated rings. The summed E-state index contributed by atoms with van der Waals surface area (Å²) in [5.41, 5.74) is 7.51. The number of aromatic nitrogens is 3. The summed E-state index contributed by atoms with van der Waals surface area (Å²) in [5.74, 6) is 0. The Morgan fingerprint density at radius 3 is 3.07 bits per heavy atom. The van der Waals surface area contributed by atoms with E-state index >= 15 is 0 Å². The molecule has 0 aliphatic carbocycles. The van der Waals surface area contributed by atoms with Crippen LogP contribution in [-0.4, -0.2) is 21.2 Å².